The Morgan fingerprint density at radius 2 is 1.88 bits per heavy atom. The summed E-state index contributed by atoms with van der Waals surface area (Å²) in [6.07, 6.45) is 1.07. The van der Waals surface area contributed by atoms with Crippen LogP contribution < -0.4 is 10.7 Å². The molecule has 2 rings (SSSR count). The third-order valence-electron chi connectivity index (χ3n) is 3.11. The fourth-order valence-corrected chi connectivity index (χ4v) is 2.24. The fourth-order valence-electron chi connectivity index (χ4n) is 1.86. The van der Waals surface area contributed by atoms with Crippen LogP contribution in [0, 0.1) is 5.82 Å². The second kappa shape index (κ2) is 8.93. The van der Waals surface area contributed by atoms with Gasteiger partial charge in [0.1, 0.15) is 11.6 Å². The van der Waals surface area contributed by atoms with Crippen LogP contribution in [0.5, 0.6) is 5.75 Å². The topological polar surface area (TPSA) is 90.8 Å². The maximum Gasteiger partial charge on any atom is 0.240 e. The Balaban J connectivity index is 1.78. The van der Waals surface area contributed by atoms with Crippen molar-refractivity contribution >= 4 is 39.6 Å². The Kier molecular flexibility index (Phi) is 6.64. The van der Waals surface area contributed by atoms with E-state index in [0.717, 1.165) is 4.47 Å². The summed E-state index contributed by atoms with van der Waals surface area (Å²) in [6, 6.07) is 10.6. The number of nitrogens with one attached hydrogen (secondary N) is 2. The van der Waals surface area contributed by atoms with Gasteiger partial charge < -0.3 is 10.4 Å². The van der Waals surface area contributed by atoms with Crippen LogP contribution in [-0.2, 0) is 9.59 Å². The minimum atomic E-state index is -0.543. The number of hydrazone groups is 1. The number of anilines is 1. The molecule has 0 aliphatic rings. The second-order valence-corrected chi connectivity index (χ2v) is 5.94. The lowest BCUT2D eigenvalue weighted by Crippen LogP contribution is -2.21. The predicted octanol–water partition coefficient (Wildman–Crippen LogP) is 3.16. The molecule has 0 aliphatic carbocycles. The van der Waals surface area contributed by atoms with Crippen molar-refractivity contribution in [1.29, 1.82) is 0 Å². The number of phenols is 1. The highest BCUT2D eigenvalue weighted by Gasteiger charge is 2.09. The minimum absolute atomic E-state index is 0.0189. The summed E-state index contributed by atoms with van der Waals surface area (Å²) in [6.45, 7) is 0. The van der Waals surface area contributed by atoms with E-state index in [1.54, 1.807) is 18.2 Å². The monoisotopic (exact) mass is 407 g/mol. The summed E-state index contributed by atoms with van der Waals surface area (Å²) in [7, 11) is 0. The molecule has 0 saturated heterocycles. The van der Waals surface area contributed by atoms with Gasteiger partial charge in [-0.2, -0.15) is 5.10 Å². The van der Waals surface area contributed by atoms with Gasteiger partial charge in [-0.3, -0.25) is 9.59 Å². The van der Waals surface area contributed by atoms with E-state index in [1.165, 1.54) is 30.5 Å². The molecular formula is C17H15BrFN3O3. The highest BCUT2D eigenvalue weighted by molar-refractivity contribution is 9.10. The van der Waals surface area contributed by atoms with Crippen LogP contribution in [0.4, 0.5) is 10.1 Å². The zero-order chi connectivity index (χ0) is 18.2. The van der Waals surface area contributed by atoms with Gasteiger partial charge in [0.2, 0.25) is 11.8 Å². The number of nitrogens with zero attached hydrogens (tertiary/aromatic N) is 1. The van der Waals surface area contributed by atoms with Gasteiger partial charge in [-0.25, -0.2) is 9.82 Å². The second-order valence-electron chi connectivity index (χ2n) is 5.02. The smallest absolute Gasteiger partial charge is 0.240 e. The molecule has 0 spiro atoms. The predicted molar refractivity (Wildman–Crippen MR) is 95.8 cm³/mol. The molecule has 6 nitrogen and oxygen atoms in total. The number of para-hydroxylation sites is 1. The van der Waals surface area contributed by atoms with Crippen molar-refractivity contribution < 1.29 is 19.1 Å². The molecule has 0 fully saturated rings. The van der Waals surface area contributed by atoms with Crippen LogP contribution >= 0.6 is 15.9 Å². The molecule has 0 heterocycles. The van der Waals surface area contributed by atoms with E-state index >= 15 is 0 Å². The molecule has 8 heteroatoms. The molecule has 0 radical (unpaired) electrons. The number of rotatable bonds is 6. The van der Waals surface area contributed by atoms with E-state index in [-0.39, 0.29) is 24.3 Å². The number of hydrogen-bond donors (Lipinski definition) is 3. The van der Waals surface area contributed by atoms with Gasteiger partial charge in [-0.1, -0.05) is 28.1 Å². The quantitative estimate of drug-likeness (QED) is 0.507. The van der Waals surface area contributed by atoms with E-state index < -0.39 is 17.6 Å². The van der Waals surface area contributed by atoms with Crippen molar-refractivity contribution in [2.45, 2.75) is 12.8 Å². The van der Waals surface area contributed by atoms with Crippen LogP contribution in [0.2, 0.25) is 0 Å². The zero-order valence-electron chi connectivity index (χ0n) is 13.0. The number of benzene rings is 2. The minimum Gasteiger partial charge on any atom is -0.507 e. The molecule has 2 aromatic rings. The van der Waals surface area contributed by atoms with Gasteiger partial charge in [0.05, 0.1) is 11.9 Å². The van der Waals surface area contributed by atoms with Crippen LogP contribution in [0.1, 0.15) is 18.4 Å². The first-order valence-electron chi connectivity index (χ1n) is 7.30. The average molecular weight is 408 g/mol. The van der Waals surface area contributed by atoms with E-state index in [0.29, 0.717) is 5.56 Å². The third-order valence-corrected chi connectivity index (χ3v) is 3.60. The SMILES string of the molecule is O=C(CCC(=O)Nc1ccccc1F)NN=Cc1cc(Br)ccc1O. The Hall–Kier alpha value is -2.74. The van der Waals surface area contributed by atoms with E-state index in [2.05, 4.69) is 31.8 Å². The van der Waals surface area contributed by atoms with Crippen molar-refractivity contribution in [1.82, 2.24) is 5.43 Å². The van der Waals surface area contributed by atoms with Gasteiger partial charge in [0, 0.05) is 22.9 Å². The van der Waals surface area contributed by atoms with Gasteiger partial charge >= 0.3 is 0 Å². The van der Waals surface area contributed by atoms with Crippen LogP contribution in [0.3, 0.4) is 0 Å². The molecule has 0 bridgehead atoms. The summed E-state index contributed by atoms with van der Waals surface area (Å²) in [4.78, 5) is 23.4. The van der Waals surface area contributed by atoms with Crippen LogP contribution in [0.25, 0.3) is 0 Å². The zero-order valence-corrected chi connectivity index (χ0v) is 14.6. The molecule has 3 N–H and O–H groups in total. The van der Waals surface area contributed by atoms with Gasteiger partial charge in [0.25, 0.3) is 0 Å². The molecule has 0 saturated carbocycles. The lowest BCUT2D eigenvalue weighted by molar-refractivity contribution is -0.124. The summed E-state index contributed by atoms with van der Waals surface area (Å²) < 4.78 is 14.2. The average Bonchev–Trinajstić information content (AvgIpc) is 2.58. The van der Waals surface area contributed by atoms with Gasteiger partial charge in [-0.15, -0.1) is 0 Å². The fraction of sp³-hybridized carbons (Fsp3) is 0.118. The maximum atomic E-state index is 13.4. The molecule has 0 aliphatic heterocycles. The summed E-state index contributed by atoms with van der Waals surface area (Å²) in [5.74, 6) is -1.48. The number of amides is 2. The third kappa shape index (κ3) is 6.00. The first-order valence-corrected chi connectivity index (χ1v) is 8.10. The van der Waals surface area contributed by atoms with Gasteiger partial charge in [-0.05, 0) is 30.3 Å². The lowest BCUT2D eigenvalue weighted by atomic mass is 10.2. The van der Waals surface area contributed by atoms with Crippen molar-refractivity contribution in [3.63, 3.8) is 0 Å². The first kappa shape index (κ1) is 18.6. The summed E-state index contributed by atoms with van der Waals surface area (Å²) in [5.41, 5.74) is 2.75. The molecule has 0 aromatic heterocycles. The van der Waals surface area contributed by atoms with Crippen molar-refractivity contribution in [3.8, 4) is 5.75 Å². The van der Waals surface area contributed by atoms with Crippen LogP contribution in [0.15, 0.2) is 52.0 Å². The standard InChI is InChI=1S/C17H15BrFN3O3/c18-12-5-6-15(23)11(9-12)10-20-22-17(25)8-7-16(24)21-14-4-2-1-3-13(14)19/h1-6,9-10,23H,7-8H2,(H,21,24)(H,22,25). The number of carbonyl (C=O) groups excluding carboxylic acids is 2. The highest BCUT2D eigenvalue weighted by Crippen LogP contribution is 2.19. The molecule has 25 heavy (non-hydrogen) atoms. The summed E-state index contributed by atoms with van der Waals surface area (Å²) >= 11 is 3.26. The molecular weight excluding hydrogens is 393 g/mol. The van der Waals surface area contributed by atoms with E-state index in [9.17, 15) is 19.1 Å². The normalized spacial score (nSPS) is 10.6. The molecule has 0 atom stereocenters. The number of phenolic OH excluding ortho intramolecular Hbond substituents is 1. The van der Waals surface area contributed by atoms with Crippen molar-refractivity contribution in [2.24, 2.45) is 5.10 Å². The van der Waals surface area contributed by atoms with Gasteiger partial charge in [0.15, 0.2) is 0 Å². The maximum absolute atomic E-state index is 13.4. The number of aromatic hydroxyl groups is 1. The number of hydrogen-bond acceptors (Lipinski definition) is 4. The molecule has 130 valence electrons. The molecule has 0 unspecified atom stereocenters. The molecule has 2 amide bonds. The summed E-state index contributed by atoms with van der Waals surface area (Å²) in [5, 5.41) is 15.7. The van der Waals surface area contributed by atoms with Crippen LogP contribution in [-0.4, -0.2) is 23.1 Å². The number of carbonyl (C=O) groups is 2. The Morgan fingerprint density at radius 3 is 2.64 bits per heavy atom. The van der Waals surface area contributed by atoms with Crippen molar-refractivity contribution in [2.75, 3.05) is 5.32 Å². The largest absolute Gasteiger partial charge is 0.507 e. The lowest BCUT2D eigenvalue weighted by Gasteiger charge is -2.05. The van der Waals surface area contributed by atoms with Crippen molar-refractivity contribution in [3.05, 3.63) is 58.3 Å². The highest BCUT2D eigenvalue weighted by atomic mass is 79.9. The molecule has 2 aromatic carbocycles. The first-order chi connectivity index (χ1) is 12.0. The number of halogens is 2. The van der Waals surface area contributed by atoms with E-state index in [1.807, 2.05) is 0 Å². The Labute approximate surface area is 151 Å². The Morgan fingerprint density at radius 1 is 1.16 bits per heavy atom. The Bertz CT molecular complexity index is 811. The van der Waals surface area contributed by atoms with E-state index in [4.69, 9.17) is 0 Å².